The SMILES string of the molecule is [B]Cc1cc(C[B])c(C[B])c(C(=O)Oc2ccc(C(=O)OCCS(=O)(=O)O)c(OC(=O)c3cc(C[B])cc(C[B])c3C[B])c2)c1. The van der Waals surface area contributed by atoms with E-state index in [1.54, 1.807) is 12.1 Å². The van der Waals surface area contributed by atoms with E-state index in [0.717, 1.165) is 12.1 Å². The topological polar surface area (TPSA) is 133 Å². The second-order valence-electron chi connectivity index (χ2n) is 9.65. The van der Waals surface area contributed by atoms with Gasteiger partial charge >= 0.3 is 17.9 Å². The van der Waals surface area contributed by atoms with E-state index in [1.807, 2.05) is 0 Å². The van der Waals surface area contributed by atoms with Crippen LogP contribution in [0.4, 0.5) is 0 Å². The Kier molecular flexibility index (Phi) is 12.8. The molecule has 218 valence electrons. The van der Waals surface area contributed by atoms with E-state index in [9.17, 15) is 22.8 Å². The maximum absolute atomic E-state index is 13.5. The Morgan fingerprint density at radius 3 is 1.58 bits per heavy atom. The Morgan fingerprint density at radius 2 is 1.13 bits per heavy atom. The minimum absolute atomic E-state index is 0.0187. The Balaban J connectivity index is 2.05. The molecule has 16 heteroatoms. The lowest BCUT2D eigenvalue weighted by Gasteiger charge is -2.17. The molecule has 3 aromatic carbocycles. The van der Waals surface area contributed by atoms with Crippen LogP contribution in [0.1, 0.15) is 64.5 Å². The summed E-state index contributed by atoms with van der Waals surface area (Å²) in [4.78, 5) is 39.6. The van der Waals surface area contributed by atoms with Crippen LogP contribution >= 0.6 is 0 Å². The van der Waals surface area contributed by atoms with Crippen LogP contribution in [-0.4, -0.2) is 90.3 Å². The first-order valence-electron chi connectivity index (χ1n) is 13.6. The predicted octanol–water partition coefficient (Wildman–Crippen LogP) is 1.18. The van der Waals surface area contributed by atoms with Crippen LogP contribution < -0.4 is 9.47 Å². The van der Waals surface area contributed by atoms with E-state index < -0.39 is 46.1 Å². The van der Waals surface area contributed by atoms with Gasteiger partial charge in [0, 0.05) is 6.07 Å². The van der Waals surface area contributed by atoms with E-state index >= 15 is 0 Å². The van der Waals surface area contributed by atoms with Gasteiger partial charge in [-0.15, -0.1) is 0 Å². The second kappa shape index (κ2) is 16.1. The lowest BCUT2D eigenvalue weighted by atomic mass is 9.81. The van der Waals surface area contributed by atoms with Crippen molar-refractivity contribution < 1.29 is 41.6 Å². The number of esters is 3. The number of hydrogen-bond donors (Lipinski definition) is 1. The molecule has 0 unspecified atom stereocenters. The highest BCUT2D eigenvalue weighted by atomic mass is 32.2. The summed E-state index contributed by atoms with van der Waals surface area (Å²) in [5.74, 6) is -4.25. The standard InChI is InChI=1S/C29H24B6O9S/c30-10-16-5-18(12-32)24(14-34)22(7-16)28(37)43-20-1-2-21(27(36)42-3-4-45(39,40)41)26(9-20)44-29(38)23-8-17(11-31)6-19(13-33)25(23)15-35/h1-2,5-9H,3-4,10-15H2,(H,39,40,41). The van der Waals surface area contributed by atoms with Crippen LogP contribution in [0, 0.1) is 0 Å². The zero-order chi connectivity index (χ0) is 33.3. The van der Waals surface area contributed by atoms with Crippen molar-refractivity contribution in [2.75, 3.05) is 12.4 Å². The van der Waals surface area contributed by atoms with E-state index in [4.69, 9.17) is 65.8 Å². The minimum Gasteiger partial charge on any atom is -0.461 e. The largest absolute Gasteiger partial charge is 0.461 e. The Morgan fingerprint density at radius 1 is 0.622 bits per heavy atom. The van der Waals surface area contributed by atoms with Gasteiger partial charge in [-0.3, -0.25) is 4.55 Å². The van der Waals surface area contributed by atoms with Crippen LogP contribution in [0.2, 0.25) is 0 Å². The van der Waals surface area contributed by atoms with Gasteiger partial charge in [0.1, 0.15) is 29.4 Å². The molecule has 0 aliphatic heterocycles. The number of hydrogen-bond acceptors (Lipinski definition) is 8. The molecule has 0 aliphatic carbocycles. The summed E-state index contributed by atoms with van der Waals surface area (Å²) in [6.07, 6.45) is 0.261. The molecule has 0 saturated heterocycles. The van der Waals surface area contributed by atoms with Crippen LogP contribution in [0.25, 0.3) is 0 Å². The van der Waals surface area contributed by atoms with E-state index in [0.29, 0.717) is 33.4 Å². The van der Waals surface area contributed by atoms with Crippen molar-refractivity contribution >= 4 is 75.1 Å². The average molecular weight is 613 g/mol. The van der Waals surface area contributed by atoms with Crippen molar-refractivity contribution in [3.8, 4) is 11.5 Å². The third-order valence-corrected chi connectivity index (χ3v) is 7.41. The fourth-order valence-corrected chi connectivity index (χ4v) is 4.79. The summed E-state index contributed by atoms with van der Waals surface area (Å²) in [6, 6.07) is 9.95. The van der Waals surface area contributed by atoms with Crippen molar-refractivity contribution in [3.05, 3.63) is 92.5 Å². The maximum Gasteiger partial charge on any atom is 0.343 e. The van der Waals surface area contributed by atoms with Crippen molar-refractivity contribution in [2.45, 2.75) is 37.9 Å². The van der Waals surface area contributed by atoms with Crippen molar-refractivity contribution in [2.24, 2.45) is 0 Å². The summed E-state index contributed by atoms with van der Waals surface area (Å²) in [7, 11) is 30.6. The Bertz CT molecular complexity index is 1700. The van der Waals surface area contributed by atoms with Crippen molar-refractivity contribution in [3.63, 3.8) is 0 Å². The molecule has 1 N–H and O–H groups in total. The molecule has 3 rings (SSSR count). The normalized spacial score (nSPS) is 11.1. The highest BCUT2D eigenvalue weighted by Crippen LogP contribution is 2.29. The molecule has 3 aromatic rings. The molecule has 0 saturated carbocycles. The zero-order valence-corrected chi connectivity index (χ0v) is 25.1. The molecule has 0 spiro atoms. The summed E-state index contributed by atoms with van der Waals surface area (Å²) in [5.41, 5.74) is 3.04. The first kappa shape index (κ1) is 35.8. The molecule has 9 nitrogen and oxygen atoms in total. The van der Waals surface area contributed by atoms with Crippen LogP contribution in [0.5, 0.6) is 11.5 Å². The van der Waals surface area contributed by atoms with Crippen LogP contribution in [-0.2, 0) is 52.8 Å². The van der Waals surface area contributed by atoms with E-state index in [2.05, 4.69) is 0 Å². The molecule has 0 aliphatic rings. The molecule has 45 heavy (non-hydrogen) atoms. The number of benzene rings is 3. The van der Waals surface area contributed by atoms with Gasteiger partial charge in [-0.2, -0.15) is 8.42 Å². The number of carbonyl (C=O) groups is 3. The number of rotatable bonds is 14. The number of carbonyl (C=O) groups excluding carboxylic acids is 3. The molecule has 12 radical (unpaired) electrons. The third kappa shape index (κ3) is 9.20. The Labute approximate surface area is 270 Å². The van der Waals surface area contributed by atoms with E-state index in [-0.39, 0.29) is 60.4 Å². The van der Waals surface area contributed by atoms with Gasteiger partial charge in [0.05, 0.1) is 58.2 Å². The molecule has 0 amide bonds. The third-order valence-electron chi connectivity index (χ3n) is 6.72. The van der Waals surface area contributed by atoms with Crippen LogP contribution in [0.3, 0.4) is 0 Å². The summed E-state index contributed by atoms with van der Waals surface area (Å²) >= 11 is 0. The molecular weight excluding hydrogens is 589 g/mol. The van der Waals surface area contributed by atoms with Crippen molar-refractivity contribution in [1.29, 1.82) is 0 Å². The molecule has 0 heterocycles. The molecule has 0 aromatic heterocycles. The first-order valence-corrected chi connectivity index (χ1v) is 15.2. The Hall–Kier alpha value is -3.63. The van der Waals surface area contributed by atoms with Gasteiger partial charge in [-0.25, -0.2) is 14.4 Å². The van der Waals surface area contributed by atoms with Gasteiger partial charge in [-0.05, 0) is 35.4 Å². The second-order valence-corrected chi connectivity index (χ2v) is 11.2. The molecule has 0 atom stereocenters. The van der Waals surface area contributed by atoms with Crippen molar-refractivity contribution in [1.82, 2.24) is 0 Å². The predicted molar refractivity (Wildman–Crippen MR) is 173 cm³/mol. The quantitative estimate of drug-likeness (QED) is 0.123. The monoisotopic (exact) mass is 614 g/mol. The average Bonchev–Trinajstić information content (AvgIpc) is 3.02. The first-order chi connectivity index (χ1) is 21.4. The highest BCUT2D eigenvalue weighted by molar-refractivity contribution is 7.85. The molecule has 0 fully saturated rings. The lowest BCUT2D eigenvalue weighted by Crippen LogP contribution is -2.19. The summed E-state index contributed by atoms with van der Waals surface area (Å²) in [6.45, 7) is -0.694. The summed E-state index contributed by atoms with van der Waals surface area (Å²) < 4.78 is 47.2. The number of ether oxygens (including phenoxy) is 3. The smallest absolute Gasteiger partial charge is 0.343 e. The fourth-order valence-electron chi connectivity index (χ4n) is 4.50. The summed E-state index contributed by atoms with van der Waals surface area (Å²) in [5, 5.41) is 0. The van der Waals surface area contributed by atoms with Gasteiger partial charge in [0.25, 0.3) is 10.1 Å². The van der Waals surface area contributed by atoms with Gasteiger partial charge < -0.3 is 14.2 Å². The van der Waals surface area contributed by atoms with Crippen LogP contribution in [0.15, 0.2) is 42.5 Å². The van der Waals surface area contributed by atoms with Gasteiger partial charge in [-0.1, -0.05) is 72.3 Å². The zero-order valence-electron chi connectivity index (χ0n) is 24.3. The van der Waals surface area contributed by atoms with Gasteiger partial charge in [0.15, 0.2) is 0 Å². The fraction of sp³-hybridized carbons (Fsp3) is 0.276. The maximum atomic E-state index is 13.5. The highest BCUT2D eigenvalue weighted by Gasteiger charge is 2.24. The van der Waals surface area contributed by atoms with Gasteiger partial charge in [0.2, 0.25) is 0 Å². The molecule has 0 bridgehead atoms. The minimum atomic E-state index is -4.43. The lowest BCUT2D eigenvalue weighted by molar-refractivity contribution is 0.0522. The van der Waals surface area contributed by atoms with E-state index in [1.165, 1.54) is 18.2 Å². The molecular formula is C29H24B6O9S.